The number of benzene rings is 4. The molecule has 224 valence electrons. The van der Waals surface area contributed by atoms with Crippen LogP contribution in [-0.4, -0.2) is 26.4 Å². The first-order valence-electron chi connectivity index (χ1n) is 15.4. The molecule has 0 aliphatic carbocycles. The fourth-order valence-electron chi connectivity index (χ4n) is 6.33. The summed E-state index contributed by atoms with van der Waals surface area (Å²) in [4.78, 5) is 4.81. The van der Waals surface area contributed by atoms with Crippen LogP contribution in [-0.2, 0) is 6.42 Å². The van der Waals surface area contributed by atoms with Crippen molar-refractivity contribution in [1.82, 2.24) is 19.3 Å². The number of ether oxygens (including phenoxy) is 2. The van der Waals surface area contributed by atoms with Gasteiger partial charge in [0.1, 0.15) is 23.1 Å². The lowest BCUT2D eigenvalue weighted by atomic mass is 10.0. The van der Waals surface area contributed by atoms with Crippen molar-refractivity contribution >= 4 is 21.8 Å². The Morgan fingerprint density at radius 1 is 0.733 bits per heavy atom. The minimum absolute atomic E-state index is 0.554. The highest BCUT2D eigenvalue weighted by atomic mass is 16.5. The fraction of sp³-hybridized carbons (Fsp3) is 0.179. The van der Waals surface area contributed by atoms with Crippen molar-refractivity contribution in [3.63, 3.8) is 0 Å². The van der Waals surface area contributed by atoms with E-state index in [1.807, 2.05) is 47.3 Å². The van der Waals surface area contributed by atoms with Crippen LogP contribution in [0.5, 0.6) is 17.2 Å². The van der Waals surface area contributed by atoms with Gasteiger partial charge in [0.25, 0.3) is 0 Å². The van der Waals surface area contributed by atoms with E-state index in [0.717, 1.165) is 79.5 Å². The molecular formula is C39H36N4O2. The highest BCUT2D eigenvalue weighted by Gasteiger charge is 2.17. The van der Waals surface area contributed by atoms with Crippen LogP contribution in [0.2, 0.25) is 0 Å². The van der Waals surface area contributed by atoms with Gasteiger partial charge in [0.15, 0.2) is 0 Å². The topological polar surface area (TPSA) is 54.1 Å². The van der Waals surface area contributed by atoms with Gasteiger partial charge in [-0.15, -0.1) is 0 Å². The smallest absolute Gasteiger partial charge is 0.137 e. The molecule has 7 aromatic rings. The van der Waals surface area contributed by atoms with Crippen molar-refractivity contribution in [3.05, 3.63) is 126 Å². The van der Waals surface area contributed by atoms with Gasteiger partial charge in [0.05, 0.1) is 29.5 Å². The third kappa shape index (κ3) is 5.33. The Kier molecular flexibility index (Phi) is 7.34. The Morgan fingerprint density at radius 2 is 1.53 bits per heavy atom. The maximum atomic E-state index is 6.52. The predicted octanol–water partition coefficient (Wildman–Crippen LogP) is 9.65. The summed E-state index contributed by atoms with van der Waals surface area (Å²) in [6, 6.07) is 35.2. The molecule has 3 heterocycles. The Morgan fingerprint density at radius 3 is 2.33 bits per heavy atom. The van der Waals surface area contributed by atoms with Gasteiger partial charge in [0, 0.05) is 40.4 Å². The number of nitrogens with zero attached hydrogens (tertiary/aromatic N) is 4. The molecule has 0 aliphatic heterocycles. The first-order chi connectivity index (χ1) is 21.9. The van der Waals surface area contributed by atoms with Gasteiger partial charge < -0.3 is 9.47 Å². The molecule has 0 saturated carbocycles. The minimum Gasteiger partial charge on any atom is -0.497 e. The third-order valence-corrected chi connectivity index (χ3v) is 8.28. The summed E-state index contributed by atoms with van der Waals surface area (Å²) in [5.41, 5.74) is 8.70. The standard InChI is InChI=1S/C39H36N4O2/c1-25(2)20-28-18-19-40-38(21-28)42-36-17-15-31(44-5)23-35(36)34-16-14-33(24-37(34)42)45-32-13-9-12-30(22-32)43-27(4)39(26(3)41-43)29-10-7-6-8-11-29/h6-19,21-25H,20H2,1-5H3. The molecule has 0 N–H and O–H groups in total. The molecule has 45 heavy (non-hydrogen) atoms. The van der Waals surface area contributed by atoms with Crippen molar-refractivity contribution in [3.8, 4) is 39.9 Å². The molecule has 0 atom stereocenters. The van der Waals surface area contributed by atoms with Crippen LogP contribution < -0.4 is 9.47 Å². The lowest BCUT2D eigenvalue weighted by Gasteiger charge is -2.12. The van der Waals surface area contributed by atoms with E-state index in [4.69, 9.17) is 19.6 Å². The molecule has 0 aliphatic rings. The predicted molar refractivity (Wildman–Crippen MR) is 182 cm³/mol. The molecule has 0 radical (unpaired) electrons. The maximum absolute atomic E-state index is 6.52. The zero-order valence-corrected chi connectivity index (χ0v) is 26.3. The highest BCUT2D eigenvalue weighted by molar-refractivity contribution is 6.10. The molecular weight excluding hydrogens is 556 g/mol. The first-order valence-corrected chi connectivity index (χ1v) is 15.4. The largest absolute Gasteiger partial charge is 0.497 e. The molecule has 4 aromatic carbocycles. The number of aromatic nitrogens is 4. The molecule has 0 spiro atoms. The normalized spacial score (nSPS) is 11.5. The van der Waals surface area contributed by atoms with Crippen LogP contribution in [0.3, 0.4) is 0 Å². The SMILES string of the molecule is COc1ccc2c(c1)c1ccc(Oc3cccc(-n4nc(C)c(-c5ccccc5)c4C)c3)cc1n2-c1cc(CC(C)C)ccn1. The highest BCUT2D eigenvalue weighted by Crippen LogP contribution is 2.37. The van der Waals surface area contributed by atoms with E-state index in [-0.39, 0.29) is 0 Å². The molecule has 0 fully saturated rings. The zero-order valence-electron chi connectivity index (χ0n) is 26.3. The van der Waals surface area contributed by atoms with Gasteiger partial charge in [0.2, 0.25) is 0 Å². The van der Waals surface area contributed by atoms with Gasteiger partial charge in [-0.1, -0.05) is 50.2 Å². The fourth-order valence-corrected chi connectivity index (χ4v) is 6.33. The summed E-state index contributed by atoms with van der Waals surface area (Å²) in [5, 5.41) is 7.11. The van der Waals surface area contributed by atoms with E-state index in [1.54, 1.807) is 7.11 Å². The van der Waals surface area contributed by atoms with Crippen LogP contribution in [0, 0.1) is 19.8 Å². The van der Waals surface area contributed by atoms with Crippen molar-refractivity contribution in [2.24, 2.45) is 5.92 Å². The first kappa shape index (κ1) is 28.4. The van der Waals surface area contributed by atoms with Crippen LogP contribution in [0.1, 0.15) is 30.8 Å². The zero-order chi connectivity index (χ0) is 31.1. The van der Waals surface area contributed by atoms with E-state index >= 15 is 0 Å². The third-order valence-electron chi connectivity index (χ3n) is 8.28. The van der Waals surface area contributed by atoms with Crippen molar-refractivity contribution in [1.29, 1.82) is 0 Å². The molecule has 0 amide bonds. The van der Waals surface area contributed by atoms with Crippen LogP contribution in [0.4, 0.5) is 0 Å². The summed E-state index contributed by atoms with van der Waals surface area (Å²) < 4.78 is 16.3. The average molecular weight is 593 g/mol. The number of rotatable bonds is 8. The van der Waals surface area contributed by atoms with Gasteiger partial charge in [-0.05, 0) is 91.9 Å². The molecule has 6 heteroatoms. The Labute approximate surface area is 263 Å². The van der Waals surface area contributed by atoms with Crippen molar-refractivity contribution < 1.29 is 9.47 Å². The number of aryl methyl sites for hydroxylation is 1. The second kappa shape index (κ2) is 11.6. The Balaban J connectivity index is 1.29. The number of fused-ring (bicyclic) bond motifs is 3. The minimum atomic E-state index is 0.554. The van der Waals surface area contributed by atoms with E-state index in [0.29, 0.717) is 5.92 Å². The summed E-state index contributed by atoms with van der Waals surface area (Å²) in [6.45, 7) is 8.65. The number of methoxy groups -OCH3 is 1. The number of pyridine rings is 1. The monoisotopic (exact) mass is 592 g/mol. The molecule has 0 bridgehead atoms. The van der Waals surface area contributed by atoms with E-state index in [2.05, 4.69) is 99.0 Å². The lowest BCUT2D eigenvalue weighted by Crippen LogP contribution is -2.01. The summed E-state index contributed by atoms with van der Waals surface area (Å²) in [5.74, 6) is 3.74. The maximum Gasteiger partial charge on any atom is 0.137 e. The molecule has 3 aromatic heterocycles. The summed E-state index contributed by atoms with van der Waals surface area (Å²) in [6.07, 6.45) is 2.90. The van der Waals surface area contributed by atoms with Crippen LogP contribution >= 0.6 is 0 Å². The molecule has 0 unspecified atom stereocenters. The molecule has 6 nitrogen and oxygen atoms in total. The lowest BCUT2D eigenvalue weighted by molar-refractivity contribution is 0.415. The quantitative estimate of drug-likeness (QED) is 0.176. The van der Waals surface area contributed by atoms with E-state index < -0.39 is 0 Å². The van der Waals surface area contributed by atoms with Crippen LogP contribution in [0.25, 0.3) is 44.4 Å². The van der Waals surface area contributed by atoms with Gasteiger partial charge in [-0.2, -0.15) is 5.10 Å². The Bertz CT molecular complexity index is 2160. The molecule has 0 saturated heterocycles. The van der Waals surface area contributed by atoms with Crippen molar-refractivity contribution in [2.45, 2.75) is 34.1 Å². The van der Waals surface area contributed by atoms with Crippen molar-refractivity contribution in [2.75, 3.05) is 7.11 Å². The number of hydrogen-bond acceptors (Lipinski definition) is 4. The second-order valence-corrected chi connectivity index (χ2v) is 11.9. The Hall–Kier alpha value is -5.36. The number of hydrogen-bond donors (Lipinski definition) is 0. The van der Waals surface area contributed by atoms with Gasteiger partial charge in [-0.25, -0.2) is 9.67 Å². The second-order valence-electron chi connectivity index (χ2n) is 11.9. The van der Waals surface area contributed by atoms with Gasteiger partial charge >= 0.3 is 0 Å². The van der Waals surface area contributed by atoms with Crippen LogP contribution in [0.15, 0.2) is 109 Å². The summed E-state index contributed by atoms with van der Waals surface area (Å²) in [7, 11) is 1.70. The summed E-state index contributed by atoms with van der Waals surface area (Å²) >= 11 is 0. The average Bonchev–Trinajstić information content (AvgIpc) is 3.53. The van der Waals surface area contributed by atoms with E-state index in [9.17, 15) is 0 Å². The van der Waals surface area contributed by atoms with Gasteiger partial charge in [-0.3, -0.25) is 4.57 Å². The van der Waals surface area contributed by atoms with E-state index in [1.165, 1.54) is 5.56 Å². The molecule has 7 rings (SSSR count).